The van der Waals surface area contributed by atoms with Crippen LogP contribution in [0.15, 0.2) is 0 Å². The van der Waals surface area contributed by atoms with Gasteiger partial charge in [0.25, 0.3) is 0 Å². The van der Waals surface area contributed by atoms with Crippen molar-refractivity contribution < 1.29 is 19.3 Å². The molecular formula is C13H24O4. The molecule has 0 amide bonds. The first-order chi connectivity index (χ1) is 8.08. The second kappa shape index (κ2) is 5.22. The normalized spacial score (nSPS) is 37.2. The van der Waals surface area contributed by atoms with Gasteiger partial charge in [-0.1, -0.05) is 0 Å². The highest BCUT2D eigenvalue weighted by molar-refractivity contribution is 4.95. The van der Waals surface area contributed by atoms with Crippen LogP contribution in [0.1, 0.15) is 33.1 Å². The largest absolute Gasteiger partial charge is 0.387 e. The van der Waals surface area contributed by atoms with Crippen molar-refractivity contribution in [2.45, 2.75) is 44.3 Å². The van der Waals surface area contributed by atoms with Gasteiger partial charge in [-0.3, -0.25) is 0 Å². The zero-order valence-electron chi connectivity index (χ0n) is 10.9. The molecule has 0 aromatic heterocycles. The van der Waals surface area contributed by atoms with Gasteiger partial charge in [-0.2, -0.15) is 0 Å². The van der Waals surface area contributed by atoms with Crippen LogP contribution in [-0.4, -0.2) is 49.3 Å². The summed E-state index contributed by atoms with van der Waals surface area (Å²) in [5.74, 6) is 0.240. The monoisotopic (exact) mass is 244 g/mol. The van der Waals surface area contributed by atoms with Crippen molar-refractivity contribution in [2.24, 2.45) is 5.92 Å². The fraction of sp³-hybridized carbons (Fsp3) is 1.00. The van der Waals surface area contributed by atoms with Crippen LogP contribution in [0.4, 0.5) is 0 Å². The maximum atomic E-state index is 10.5. The van der Waals surface area contributed by atoms with E-state index in [-0.39, 0.29) is 11.5 Å². The lowest BCUT2D eigenvalue weighted by molar-refractivity contribution is -0.153. The molecule has 0 saturated carbocycles. The average Bonchev–Trinajstić information content (AvgIpc) is 2.75. The standard InChI is InChI=1S/C13H24O4/c1-3-15-9-12(2,14)11-4-6-17-13(8-11)5-7-16-10-13/h11,14H,3-10H2,1-2H3. The number of aliphatic hydroxyl groups is 1. The van der Waals surface area contributed by atoms with Crippen LogP contribution < -0.4 is 0 Å². The first-order valence-electron chi connectivity index (χ1n) is 6.60. The molecule has 2 rings (SSSR count). The fourth-order valence-electron chi connectivity index (χ4n) is 2.85. The van der Waals surface area contributed by atoms with Gasteiger partial charge in [-0.05, 0) is 32.6 Å². The summed E-state index contributed by atoms with van der Waals surface area (Å²) in [6.45, 7) is 7.05. The Labute approximate surface area is 103 Å². The van der Waals surface area contributed by atoms with E-state index in [0.29, 0.717) is 19.8 Å². The molecule has 0 aliphatic carbocycles. The Balaban J connectivity index is 1.96. The SMILES string of the molecule is CCOCC(C)(O)C1CCOC2(CCOC2)C1. The quantitative estimate of drug-likeness (QED) is 0.811. The number of ether oxygens (including phenoxy) is 3. The predicted molar refractivity (Wildman–Crippen MR) is 64.0 cm³/mol. The van der Waals surface area contributed by atoms with Crippen molar-refractivity contribution in [3.05, 3.63) is 0 Å². The van der Waals surface area contributed by atoms with E-state index < -0.39 is 5.60 Å². The Morgan fingerprint density at radius 2 is 2.29 bits per heavy atom. The van der Waals surface area contributed by atoms with Crippen molar-refractivity contribution in [2.75, 3.05) is 33.0 Å². The molecular weight excluding hydrogens is 220 g/mol. The van der Waals surface area contributed by atoms with Crippen LogP contribution in [0.25, 0.3) is 0 Å². The Bertz CT molecular complexity index is 246. The van der Waals surface area contributed by atoms with Crippen molar-refractivity contribution in [1.29, 1.82) is 0 Å². The molecule has 100 valence electrons. The first-order valence-corrected chi connectivity index (χ1v) is 6.60. The second-order valence-corrected chi connectivity index (χ2v) is 5.52. The molecule has 0 radical (unpaired) electrons. The summed E-state index contributed by atoms with van der Waals surface area (Å²) in [5.41, 5.74) is -0.894. The minimum Gasteiger partial charge on any atom is -0.387 e. The molecule has 4 heteroatoms. The third-order valence-corrected chi connectivity index (χ3v) is 4.04. The molecule has 0 aromatic rings. The number of hydrogen-bond acceptors (Lipinski definition) is 4. The first kappa shape index (κ1) is 13.3. The lowest BCUT2D eigenvalue weighted by Gasteiger charge is -2.43. The topological polar surface area (TPSA) is 47.9 Å². The van der Waals surface area contributed by atoms with Gasteiger partial charge in [0.15, 0.2) is 0 Å². The maximum absolute atomic E-state index is 10.5. The van der Waals surface area contributed by atoms with Crippen molar-refractivity contribution in [3.8, 4) is 0 Å². The van der Waals surface area contributed by atoms with Crippen LogP contribution in [0.5, 0.6) is 0 Å². The summed E-state index contributed by atoms with van der Waals surface area (Å²) in [4.78, 5) is 0. The molecule has 4 nitrogen and oxygen atoms in total. The summed E-state index contributed by atoms with van der Waals surface area (Å²) < 4.78 is 16.7. The van der Waals surface area contributed by atoms with E-state index in [9.17, 15) is 5.11 Å². The summed E-state index contributed by atoms with van der Waals surface area (Å²) in [6, 6.07) is 0. The Morgan fingerprint density at radius 3 is 2.94 bits per heavy atom. The summed E-state index contributed by atoms with van der Waals surface area (Å²) in [6.07, 6.45) is 2.74. The lowest BCUT2D eigenvalue weighted by atomic mass is 9.76. The zero-order chi connectivity index (χ0) is 12.4. The highest BCUT2D eigenvalue weighted by Gasteiger charge is 2.46. The van der Waals surface area contributed by atoms with Gasteiger partial charge in [-0.25, -0.2) is 0 Å². The Morgan fingerprint density at radius 1 is 1.47 bits per heavy atom. The van der Waals surface area contributed by atoms with Crippen LogP contribution in [0.3, 0.4) is 0 Å². The fourth-order valence-corrected chi connectivity index (χ4v) is 2.85. The smallest absolute Gasteiger partial charge is 0.0940 e. The zero-order valence-corrected chi connectivity index (χ0v) is 10.9. The summed E-state index contributed by atoms with van der Waals surface area (Å²) >= 11 is 0. The summed E-state index contributed by atoms with van der Waals surface area (Å²) in [7, 11) is 0. The molecule has 1 N–H and O–H groups in total. The Kier molecular flexibility index (Phi) is 4.08. The highest BCUT2D eigenvalue weighted by atomic mass is 16.6. The van der Waals surface area contributed by atoms with E-state index in [1.807, 2.05) is 13.8 Å². The average molecular weight is 244 g/mol. The molecule has 2 aliphatic rings. The molecule has 2 heterocycles. The predicted octanol–water partition coefficient (Wildman–Crippen LogP) is 1.36. The molecule has 1 spiro atoms. The molecule has 3 unspecified atom stereocenters. The maximum Gasteiger partial charge on any atom is 0.0940 e. The molecule has 2 aliphatic heterocycles. The van der Waals surface area contributed by atoms with Crippen LogP contribution >= 0.6 is 0 Å². The summed E-state index contributed by atoms with van der Waals surface area (Å²) in [5, 5.41) is 10.5. The molecule has 2 saturated heterocycles. The molecule has 0 aromatic carbocycles. The third-order valence-electron chi connectivity index (χ3n) is 4.04. The third kappa shape index (κ3) is 2.99. The molecule has 0 bridgehead atoms. The number of hydrogen-bond donors (Lipinski definition) is 1. The van der Waals surface area contributed by atoms with Gasteiger partial charge in [0.2, 0.25) is 0 Å². The molecule has 2 fully saturated rings. The molecule has 3 atom stereocenters. The van der Waals surface area contributed by atoms with Gasteiger partial charge < -0.3 is 19.3 Å². The van der Waals surface area contributed by atoms with E-state index in [2.05, 4.69) is 0 Å². The van der Waals surface area contributed by atoms with Gasteiger partial charge >= 0.3 is 0 Å². The number of rotatable bonds is 4. The molecule has 17 heavy (non-hydrogen) atoms. The minimum absolute atomic E-state index is 0.140. The van der Waals surface area contributed by atoms with Crippen LogP contribution in [-0.2, 0) is 14.2 Å². The lowest BCUT2D eigenvalue weighted by Crippen LogP contribution is -2.49. The minimum atomic E-state index is -0.755. The van der Waals surface area contributed by atoms with E-state index >= 15 is 0 Å². The van der Waals surface area contributed by atoms with Gasteiger partial charge in [0.1, 0.15) is 0 Å². The van der Waals surface area contributed by atoms with Crippen LogP contribution in [0.2, 0.25) is 0 Å². The van der Waals surface area contributed by atoms with E-state index in [0.717, 1.165) is 32.5 Å². The van der Waals surface area contributed by atoms with Gasteiger partial charge in [0, 0.05) is 26.2 Å². The van der Waals surface area contributed by atoms with Gasteiger partial charge in [-0.15, -0.1) is 0 Å². The van der Waals surface area contributed by atoms with Crippen molar-refractivity contribution >= 4 is 0 Å². The second-order valence-electron chi connectivity index (χ2n) is 5.52. The van der Waals surface area contributed by atoms with Crippen LogP contribution in [0, 0.1) is 5.92 Å². The van der Waals surface area contributed by atoms with E-state index in [4.69, 9.17) is 14.2 Å². The van der Waals surface area contributed by atoms with E-state index in [1.165, 1.54) is 0 Å². The highest BCUT2D eigenvalue weighted by Crippen LogP contribution is 2.40. The van der Waals surface area contributed by atoms with Crippen molar-refractivity contribution in [3.63, 3.8) is 0 Å². The van der Waals surface area contributed by atoms with Gasteiger partial charge in [0.05, 0.1) is 24.4 Å². The van der Waals surface area contributed by atoms with E-state index in [1.54, 1.807) is 0 Å². The van der Waals surface area contributed by atoms with Crippen molar-refractivity contribution in [1.82, 2.24) is 0 Å². The Hall–Kier alpha value is -0.160.